The topological polar surface area (TPSA) is 0 Å². The quantitative estimate of drug-likeness (QED) is 0.607. The van der Waals surface area contributed by atoms with E-state index >= 15 is 0 Å². The molecule has 0 unspecified atom stereocenters. The lowest BCUT2D eigenvalue weighted by Gasteiger charge is -2.18. The van der Waals surface area contributed by atoms with Crippen LogP contribution in [0.4, 0.5) is 0 Å². The summed E-state index contributed by atoms with van der Waals surface area (Å²) in [5.74, 6) is 0. The molecule has 0 radical (unpaired) electrons. The summed E-state index contributed by atoms with van der Waals surface area (Å²) < 4.78 is 0. The van der Waals surface area contributed by atoms with E-state index in [0.717, 1.165) is 0 Å². The number of rotatable bonds is 2. The van der Waals surface area contributed by atoms with E-state index in [-0.39, 0.29) is 5.41 Å². The molecule has 0 heteroatoms. The summed E-state index contributed by atoms with van der Waals surface area (Å²) in [6.45, 7) is 16.1. The Morgan fingerprint density at radius 3 is 1.43 bits per heavy atom. The van der Waals surface area contributed by atoms with Gasteiger partial charge in [0.05, 0.1) is 0 Å². The van der Waals surface area contributed by atoms with Gasteiger partial charge in [-0.25, -0.2) is 0 Å². The van der Waals surface area contributed by atoms with Crippen molar-refractivity contribution in [1.29, 1.82) is 0 Å². The van der Waals surface area contributed by atoms with Crippen LogP contribution in [-0.2, 0) is 5.41 Å². The molecule has 0 N–H and O–H groups in total. The molecule has 0 aliphatic heterocycles. The van der Waals surface area contributed by atoms with Gasteiger partial charge in [0.15, 0.2) is 0 Å². The van der Waals surface area contributed by atoms with Crippen molar-refractivity contribution >= 4 is 12.2 Å². The molecule has 0 bridgehead atoms. The van der Waals surface area contributed by atoms with Gasteiger partial charge in [-0.05, 0) is 29.0 Å². The van der Waals surface area contributed by atoms with Crippen molar-refractivity contribution in [2.24, 2.45) is 0 Å². The van der Waals surface area contributed by atoms with E-state index < -0.39 is 0 Å². The molecule has 0 nitrogen and oxygen atoms in total. The van der Waals surface area contributed by atoms with Crippen molar-refractivity contribution in [2.45, 2.75) is 33.1 Å². The fourth-order valence-electron chi connectivity index (χ4n) is 1.82. The summed E-state index contributed by atoms with van der Waals surface area (Å²) in [5, 5.41) is 0. The molecule has 0 aliphatic carbocycles. The number of hydrogen-bond acceptors (Lipinski definition) is 0. The van der Waals surface area contributed by atoms with Crippen LogP contribution < -0.4 is 0 Å². The Bertz CT molecular complexity index is 563. The second-order valence-electron chi connectivity index (χ2n) is 6.19. The molecule has 0 fully saturated rings. The van der Waals surface area contributed by atoms with E-state index in [9.17, 15) is 0 Å². The second-order valence-corrected chi connectivity index (χ2v) is 6.19. The first-order valence-corrected chi connectivity index (χ1v) is 7.29. The van der Waals surface area contributed by atoms with Crippen LogP contribution in [0.1, 0.15) is 43.0 Å². The molecular formula is C21H26. The van der Waals surface area contributed by atoms with E-state index in [2.05, 4.69) is 89.4 Å². The van der Waals surface area contributed by atoms with Gasteiger partial charge in [0.25, 0.3) is 0 Å². The third kappa shape index (κ3) is 5.83. The van der Waals surface area contributed by atoms with Crippen LogP contribution in [0.2, 0.25) is 0 Å². The van der Waals surface area contributed by atoms with Gasteiger partial charge in [-0.15, -0.1) is 0 Å². The van der Waals surface area contributed by atoms with Gasteiger partial charge < -0.3 is 0 Å². The van der Waals surface area contributed by atoms with Crippen LogP contribution in [-0.4, -0.2) is 0 Å². The fraction of sp³-hybridized carbons (Fsp3) is 0.238. The number of hydrogen-bond donors (Lipinski definition) is 0. The molecule has 0 atom stereocenters. The molecule has 2 rings (SSSR count). The second kappa shape index (κ2) is 7.64. The molecule has 0 aliphatic rings. The first-order chi connectivity index (χ1) is 9.86. The summed E-state index contributed by atoms with van der Waals surface area (Å²) in [5.41, 5.74) is 5.27. The SMILES string of the molecule is C=Cc1ccc(C(C)(C)C)cc1.C=Cc1ccc(C)cc1. The maximum absolute atomic E-state index is 3.72. The maximum Gasteiger partial charge on any atom is -0.0132 e. The van der Waals surface area contributed by atoms with E-state index in [0.29, 0.717) is 0 Å². The van der Waals surface area contributed by atoms with E-state index in [1.54, 1.807) is 0 Å². The third-order valence-electron chi connectivity index (χ3n) is 3.33. The van der Waals surface area contributed by atoms with Gasteiger partial charge in [-0.2, -0.15) is 0 Å². The Kier molecular flexibility index (Phi) is 6.17. The largest absolute Gasteiger partial charge is 0.0985 e. The molecule has 0 saturated carbocycles. The van der Waals surface area contributed by atoms with Gasteiger partial charge in [0.2, 0.25) is 0 Å². The predicted molar refractivity (Wildman–Crippen MR) is 96.5 cm³/mol. The molecule has 0 aromatic heterocycles. The van der Waals surface area contributed by atoms with Crippen molar-refractivity contribution in [3.8, 4) is 0 Å². The van der Waals surface area contributed by atoms with E-state index in [1.165, 1.54) is 22.3 Å². The van der Waals surface area contributed by atoms with Crippen molar-refractivity contribution < 1.29 is 0 Å². The van der Waals surface area contributed by atoms with Crippen molar-refractivity contribution in [2.75, 3.05) is 0 Å². The van der Waals surface area contributed by atoms with Gasteiger partial charge in [0, 0.05) is 0 Å². The minimum absolute atomic E-state index is 0.250. The van der Waals surface area contributed by atoms with Crippen LogP contribution in [0, 0.1) is 6.92 Å². The fourth-order valence-corrected chi connectivity index (χ4v) is 1.82. The smallest absolute Gasteiger partial charge is 0.0132 e. The number of benzene rings is 2. The lowest BCUT2D eigenvalue weighted by atomic mass is 9.87. The van der Waals surface area contributed by atoms with Gasteiger partial charge in [0.1, 0.15) is 0 Å². The molecule has 2 aromatic carbocycles. The van der Waals surface area contributed by atoms with Crippen LogP contribution in [0.3, 0.4) is 0 Å². The molecular weight excluding hydrogens is 252 g/mol. The highest BCUT2D eigenvalue weighted by molar-refractivity contribution is 5.48. The minimum atomic E-state index is 0.250. The summed E-state index contributed by atoms with van der Waals surface area (Å²) in [6.07, 6.45) is 3.71. The lowest BCUT2D eigenvalue weighted by Crippen LogP contribution is -2.10. The average Bonchev–Trinajstić information content (AvgIpc) is 2.48. The molecule has 0 amide bonds. The molecule has 0 heterocycles. The highest BCUT2D eigenvalue weighted by Crippen LogP contribution is 2.22. The molecule has 0 saturated heterocycles. The van der Waals surface area contributed by atoms with Crippen LogP contribution in [0.15, 0.2) is 61.7 Å². The monoisotopic (exact) mass is 278 g/mol. The average molecular weight is 278 g/mol. The van der Waals surface area contributed by atoms with Gasteiger partial charge in [-0.1, -0.05) is 100 Å². The first-order valence-electron chi connectivity index (χ1n) is 7.29. The summed E-state index contributed by atoms with van der Waals surface area (Å²) >= 11 is 0. The molecule has 21 heavy (non-hydrogen) atoms. The molecule has 110 valence electrons. The van der Waals surface area contributed by atoms with Crippen molar-refractivity contribution in [3.05, 3.63) is 83.9 Å². The van der Waals surface area contributed by atoms with Gasteiger partial charge >= 0.3 is 0 Å². The van der Waals surface area contributed by atoms with Crippen molar-refractivity contribution in [1.82, 2.24) is 0 Å². The highest BCUT2D eigenvalue weighted by atomic mass is 14.2. The zero-order valence-electron chi connectivity index (χ0n) is 13.7. The zero-order chi connectivity index (χ0) is 15.9. The zero-order valence-corrected chi connectivity index (χ0v) is 13.7. The Morgan fingerprint density at radius 1 is 0.714 bits per heavy atom. The Morgan fingerprint density at radius 2 is 1.10 bits per heavy atom. The number of aryl methyl sites for hydroxylation is 1. The van der Waals surface area contributed by atoms with Crippen LogP contribution in [0.5, 0.6) is 0 Å². The van der Waals surface area contributed by atoms with E-state index in [4.69, 9.17) is 0 Å². The maximum atomic E-state index is 3.72. The normalized spacial score (nSPS) is 10.3. The molecule has 2 aromatic rings. The first kappa shape index (κ1) is 17.0. The Balaban J connectivity index is 0.000000219. The summed E-state index contributed by atoms with van der Waals surface area (Å²) in [7, 11) is 0. The Hall–Kier alpha value is -2.08. The van der Waals surface area contributed by atoms with Crippen LogP contribution >= 0.6 is 0 Å². The summed E-state index contributed by atoms with van der Waals surface area (Å²) in [6, 6.07) is 16.8. The van der Waals surface area contributed by atoms with Gasteiger partial charge in [-0.3, -0.25) is 0 Å². The van der Waals surface area contributed by atoms with Crippen molar-refractivity contribution in [3.63, 3.8) is 0 Å². The predicted octanol–water partition coefficient (Wildman–Crippen LogP) is 6.27. The minimum Gasteiger partial charge on any atom is -0.0985 e. The molecule has 0 spiro atoms. The lowest BCUT2D eigenvalue weighted by molar-refractivity contribution is 0.590. The van der Waals surface area contributed by atoms with E-state index in [1.807, 2.05) is 12.2 Å². The third-order valence-corrected chi connectivity index (χ3v) is 3.33. The Labute approximate surface area is 129 Å². The summed E-state index contributed by atoms with van der Waals surface area (Å²) in [4.78, 5) is 0. The highest BCUT2D eigenvalue weighted by Gasteiger charge is 2.12. The standard InChI is InChI=1S/C12H16.C9H10/c1-5-10-6-8-11(9-7-10)12(2,3)4;1-3-9-6-4-8(2)5-7-9/h5-9H,1H2,2-4H3;3-7H,1H2,2H3. The van der Waals surface area contributed by atoms with Crippen LogP contribution in [0.25, 0.3) is 12.2 Å².